The monoisotopic (exact) mass is 319 g/mol. The standard InChI is InChI=1S/C17H29N5O/c1-13-8-14(2)11-22(10-13)16(23)12-21-7-4-18-9-15(21)17-19-5-6-20(17)3/h5-6,13-15,18H,4,7-12H2,1-3H3. The highest BCUT2D eigenvalue weighted by molar-refractivity contribution is 5.78. The third-order valence-electron chi connectivity index (χ3n) is 5.07. The van der Waals surface area contributed by atoms with Gasteiger partial charge in [0.2, 0.25) is 5.91 Å². The van der Waals surface area contributed by atoms with E-state index in [2.05, 4.69) is 38.5 Å². The highest BCUT2D eigenvalue weighted by Crippen LogP contribution is 2.23. The van der Waals surface area contributed by atoms with Gasteiger partial charge in [-0.25, -0.2) is 4.98 Å². The van der Waals surface area contributed by atoms with Crippen LogP contribution < -0.4 is 5.32 Å². The zero-order valence-electron chi connectivity index (χ0n) is 14.5. The molecule has 3 rings (SSSR count). The van der Waals surface area contributed by atoms with Crippen LogP contribution in [0.3, 0.4) is 0 Å². The third-order valence-corrected chi connectivity index (χ3v) is 5.07. The van der Waals surface area contributed by atoms with Crippen molar-refractivity contribution < 1.29 is 4.79 Å². The molecule has 3 unspecified atom stereocenters. The first-order chi connectivity index (χ1) is 11.0. The molecule has 1 aromatic rings. The number of imidazole rings is 1. The van der Waals surface area contributed by atoms with Gasteiger partial charge in [0.15, 0.2) is 0 Å². The quantitative estimate of drug-likeness (QED) is 0.898. The lowest BCUT2D eigenvalue weighted by Crippen LogP contribution is -2.52. The summed E-state index contributed by atoms with van der Waals surface area (Å²) in [4.78, 5) is 21.6. The van der Waals surface area contributed by atoms with E-state index in [0.717, 1.165) is 38.5 Å². The Hall–Kier alpha value is -1.40. The van der Waals surface area contributed by atoms with Gasteiger partial charge in [-0.3, -0.25) is 9.69 Å². The van der Waals surface area contributed by atoms with Crippen LogP contribution in [0.15, 0.2) is 12.4 Å². The number of likely N-dealkylation sites (tertiary alicyclic amines) is 1. The summed E-state index contributed by atoms with van der Waals surface area (Å²) in [5.74, 6) is 2.52. The Bertz CT molecular complexity index is 533. The van der Waals surface area contributed by atoms with Crippen molar-refractivity contribution in [2.45, 2.75) is 26.3 Å². The van der Waals surface area contributed by atoms with Crippen molar-refractivity contribution in [1.82, 2.24) is 24.7 Å². The molecule has 128 valence electrons. The van der Waals surface area contributed by atoms with Gasteiger partial charge in [-0.2, -0.15) is 0 Å². The highest BCUT2D eigenvalue weighted by atomic mass is 16.2. The summed E-state index contributed by atoms with van der Waals surface area (Å²) in [5.41, 5.74) is 0. The number of amides is 1. The van der Waals surface area contributed by atoms with Crippen molar-refractivity contribution in [3.63, 3.8) is 0 Å². The van der Waals surface area contributed by atoms with Crippen molar-refractivity contribution in [1.29, 1.82) is 0 Å². The first-order valence-corrected chi connectivity index (χ1v) is 8.74. The first-order valence-electron chi connectivity index (χ1n) is 8.74. The third kappa shape index (κ3) is 3.75. The summed E-state index contributed by atoms with van der Waals surface area (Å²) < 4.78 is 2.06. The smallest absolute Gasteiger partial charge is 0.236 e. The van der Waals surface area contributed by atoms with E-state index in [-0.39, 0.29) is 11.9 Å². The number of aryl methyl sites for hydroxylation is 1. The topological polar surface area (TPSA) is 53.4 Å². The number of rotatable bonds is 3. The zero-order chi connectivity index (χ0) is 16.4. The molecule has 2 aliphatic heterocycles. The number of nitrogens with zero attached hydrogens (tertiary/aromatic N) is 4. The minimum absolute atomic E-state index is 0.173. The Kier molecular flexibility index (Phi) is 5.02. The van der Waals surface area contributed by atoms with Gasteiger partial charge in [0.25, 0.3) is 0 Å². The van der Waals surface area contributed by atoms with Crippen LogP contribution in [0.25, 0.3) is 0 Å². The van der Waals surface area contributed by atoms with Crippen molar-refractivity contribution in [3.05, 3.63) is 18.2 Å². The van der Waals surface area contributed by atoms with E-state index in [1.165, 1.54) is 6.42 Å². The molecule has 0 aromatic carbocycles. The minimum Gasteiger partial charge on any atom is -0.341 e. The van der Waals surface area contributed by atoms with Crippen LogP contribution >= 0.6 is 0 Å². The molecule has 2 fully saturated rings. The van der Waals surface area contributed by atoms with E-state index in [9.17, 15) is 4.79 Å². The largest absolute Gasteiger partial charge is 0.341 e. The fraction of sp³-hybridized carbons (Fsp3) is 0.765. The molecule has 0 aliphatic carbocycles. The molecule has 1 amide bonds. The Labute approximate surface area is 138 Å². The van der Waals surface area contributed by atoms with Crippen molar-refractivity contribution in [2.24, 2.45) is 18.9 Å². The molecule has 23 heavy (non-hydrogen) atoms. The van der Waals surface area contributed by atoms with Gasteiger partial charge in [0, 0.05) is 52.2 Å². The number of hydrogen-bond acceptors (Lipinski definition) is 4. The van der Waals surface area contributed by atoms with Crippen LogP contribution in [0.5, 0.6) is 0 Å². The number of aromatic nitrogens is 2. The maximum absolute atomic E-state index is 12.8. The van der Waals surface area contributed by atoms with Crippen LogP contribution in [-0.4, -0.2) is 64.5 Å². The van der Waals surface area contributed by atoms with E-state index in [1.807, 2.05) is 19.4 Å². The molecule has 3 heterocycles. The Morgan fingerprint density at radius 3 is 2.74 bits per heavy atom. The van der Waals surface area contributed by atoms with Crippen LogP contribution in [0.1, 0.15) is 32.1 Å². The van der Waals surface area contributed by atoms with Crippen LogP contribution in [0.4, 0.5) is 0 Å². The molecule has 6 nitrogen and oxygen atoms in total. The van der Waals surface area contributed by atoms with Gasteiger partial charge < -0.3 is 14.8 Å². The fourth-order valence-corrected chi connectivity index (χ4v) is 4.03. The van der Waals surface area contributed by atoms with Crippen LogP contribution in [0.2, 0.25) is 0 Å². The lowest BCUT2D eigenvalue weighted by atomic mass is 9.92. The summed E-state index contributed by atoms with van der Waals surface area (Å²) in [7, 11) is 2.02. The van der Waals surface area contributed by atoms with E-state index in [0.29, 0.717) is 18.4 Å². The summed E-state index contributed by atoms with van der Waals surface area (Å²) >= 11 is 0. The lowest BCUT2D eigenvalue weighted by Gasteiger charge is -2.39. The number of hydrogen-bond donors (Lipinski definition) is 1. The Morgan fingerprint density at radius 1 is 1.35 bits per heavy atom. The van der Waals surface area contributed by atoms with Crippen molar-refractivity contribution in [3.8, 4) is 0 Å². The molecule has 1 aromatic heterocycles. The van der Waals surface area contributed by atoms with Gasteiger partial charge >= 0.3 is 0 Å². The second kappa shape index (κ2) is 7.01. The zero-order valence-corrected chi connectivity index (χ0v) is 14.5. The normalized spacial score (nSPS) is 29.7. The number of piperidine rings is 1. The van der Waals surface area contributed by atoms with Crippen LogP contribution in [0, 0.1) is 11.8 Å². The SMILES string of the molecule is CC1CC(C)CN(C(=O)CN2CCNCC2c2nccn2C)C1. The number of nitrogens with one attached hydrogen (secondary N) is 1. The molecule has 0 bridgehead atoms. The molecule has 6 heteroatoms. The fourth-order valence-electron chi connectivity index (χ4n) is 4.03. The van der Waals surface area contributed by atoms with Gasteiger partial charge in [0.05, 0.1) is 12.6 Å². The average Bonchev–Trinajstić information content (AvgIpc) is 2.93. The predicted octanol–water partition coefficient (Wildman–Crippen LogP) is 0.871. The second-order valence-corrected chi connectivity index (χ2v) is 7.33. The van der Waals surface area contributed by atoms with E-state index in [1.54, 1.807) is 0 Å². The summed E-state index contributed by atoms with van der Waals surface area (Å²) in [6.07, 6.45) is 5.03. The molecular formula is C17H29N5O. The van der Waals surface area contributed by atoms with E-state index in [4.69, 9.17) is 0 Å². The number of carbonyl (C=O) groups excluding carboxylic acids is 1. The maximum atomic E-state index is 12.8. The molecule has 2 saturated heterocycles. The van der Waals surface area contributed by atoms with Gasteiger partial charge in [-0.15, -0.1) is 0 Å². The van der Waals surface area contributed by atoms with Gasteiger partial charge in [0.1, 0.15) is 5.82 Å². The second-order valence-electron chi connectivity index (χ2n) is 7.33. The molecule has 3 atom stereocenters. The van der Waals surface area contributed by atoms with Crippen molar-refractivity contribution in [2.75, 3.05) is 39.3 Å². The summed E-state index contributed by atoms with van der Waals surface area (Å²) in [6.45, 7) is 9.48. The minimum atomic E-state index is 0.173. The average molecular weight is 319 g/mol. The first kappa shape index (κ1) is 16.5. The highest BCUT2D eigenvalue weighted by Gasteiger charge is 2.31. The molecule has 1 N–H and O–H groups in total. The predicted molar refractivity (Wildman–Crippen MR) is 89.9 cm³/mol. The van der Waals surface area contributed by atoms with E-state index < -0.39 is 0 Å². The Balaban J connectivity index is 1.67. The lowest BCUT2D eigenvalue weighted by molar-refractivity contribution is -0.136. The molecule has 0 radical (unpaired) electrons. The van der Waals surface area contributed by atoms with Gasteiger partial charge in [-0.1, -0.05) is 13.8 Å². The summed E-state index contributed by atoms with van der Waals surface area (Å²) in [5, 5.41) is 3.43. The Morgan fingerprint density at radius 2 is 2.09 bits per heavy atom. The van der Waals surface area contributed by atoms with Crippen LogP contribution in [-0.2, 0) is 11.8 Å². The molecule has 0 saturated carbocycles. The number of carbonyl (C=O) groups is 1. The molecular weight excluding hydrogens is 290 g/mol. The van der Waals surface area contributed by atoms with Gasteiger partial charge in [-0.05, 0) is 18.3 Å². The van der Waals surface area contributed by atoms with E-state index >= 15 is 0 Å². The van der Waals surface area contributed by atoms with Crippen molar-refractivity contribution >= 4 is 5.91 Å². The summed E-state index contributed by atoms with van der Waals surface area (Å²) in [6, 6.07) is 0.173. The molecule has 2 aliphatic rings. The maximum Gasteiger partial charge on any atom is 0.236 e. The number of piperazine rings is 1. The molecule has 0 spiro atoms.